The standard InChI is InChI=1S/C17H18N2OS/c1-11-4-3-5-15(12(11)2)17(20)19-10-13-6-8-14(9-7-13)16(18)21/h3-9H,10H2,1-2H3,(H2,18,21)(H,19,20). The number of thiocarbonyl (C=S) groups is 1. The molecule has 0 aliphatic heterocycles. The normalized spacial score (nSPS) is 10.2. The van der Waals surface area contributed by atoms with Crippen LogP contribution in [0.15, 0.2) is 42.5 Å². The maximum absolute atomic E-state index is 12.2. The van der Waals surface area contributed by atoms with Crippen molar-refractivity contribution in [3.8, 4) is 0 Å². The quantitative estimate of drug-likeness (QED) is 0.853. The molecule has 0 saturated carbocycles. The van der Waals surface area contributed by atoms with Crippen LogP contribution in [-0.4, -0.2) is 10.9 Å². The number of nitrogens with two attached hydrogens (primary N) is 1. The van der Waals surface area contributed by atoms with Gasteiger partial charge in [0.1, 0.15) is 4.99 Å². The van der Waals surface area contributed by atoms with Gasteiger partial charge in [0.05, 0.1) is 0 Å². The minimum absolute atomic E-state index is 0.0605. The van der Waals surface area contributed by atoms with Gasteiger partial charge in [-0.15, -0.1) is 0 Å². The Morgan fingerprint density at radius 2 is 1.81 bits per heavy atom. The summed E-state index contributed by atoms with van der Waals surface area (Å²) >= 11 is 4.91. The second-order valence-corrected chi connectivity index (χ2v) is 5.43. The van der Waals surface area contributed by atoms with Crippen molar-refractivity contribution < 1.29 is 4.79 Å². The summed E-state index contributed by atoms with van der Waals surface area (Å²) < 4.78 is 0. The number of aryl methyl sites for hydroxylation is 1. The lowest BCUT2D eigenvalue weighted by Gasteiger charge is -2.10. The third kappa shape index (κ3) is 3.67. The van der Waals surface area contributed by atoms with Gasteiger partial charge in [0.15, 0.2) is 0 Å². The summed E-state index contributed by atoms with van der Waals surface area (Å²) in [7, 11) is 0. The second-order valence-electron chi connectivity index (χ2n) is 4.99. The number of hydrogen-bond acceptors (Lipinski definition) is 2. The van der Waals surface area contributed by atoms with Crippen LogP contribution in [0.25, 0.3) is 0 Å². The zero-order valence-electron chi connectivity index (χ0n) is 12.1. The topological polar surface area (TPSA) is 55.1 Å². The summed E-state index contributed by atoms with van der Waals surface area (Å²) in [5.74, 6) is -0.0605. The lowest BCUT2D eigenvalue weighted by atomic mass is 10.0. The molecule has 0 atom stereocenters. The minimum Gasteiger partial charge on any atom is -0.389 e. The van der Waals surface area contributed by atoms with Crippen LogP contribution in [-0.2, 0) is 6.54 Å². The van der Waals surface area contributed by atoms with E-state index >= 15 is 0 Å². The van der Waals surface area contributed by atoms with Gasteiger partial charge in [-0.3, -0.25) is 4.79 Å². The smallest absolute Gasteiger partial charge is 0.251 e. The molecule has 0 heterocycles. The highest BCUT2D eigenvalue weighted by Crippen LogP contribution is 2.13. The fourth-order valence-electron chi connectivity index (χ4n) is 2.06. The first-order valence-corrected chi connectivity index (χ1v) is 7.13. The maximum Gasteiger partial charge on any atom is 0.251 e. The monoisotopic (exact) mass is 298 g/mol. The predicted octanol–water partition coefficient (Wildman–Crippen LogP) is 2.87. The van der Waals surface area contributed by atoms with Gasteiger partial charge in [0.25, 0.3) is 5.91 Å². The van der Waals surface area contributed by atoms with E-state index in [1.165, 1.54) is 0 Å². The zero-order valence-corrected chi connectivity index (χ0v) is 13.0. The Balaban J connectivity index is 2.04. The molecule has 0 aliphatic carbocycles. The van der Waals surface area contributed by atoms with Gasteiger partial charge in [0, 0.05) is 17.7 Å². The molecule has 2 aromatic rings. The van der Waals surface area contributed by atoms with Crippen LogP contribution in [0, 0.1) is 13.8 Å². The highest BCUT2D eigenvalue weighted by atomic mass is 32.1. The molecule has 0 saturated heterocycles. The highest BCUT2D eigenvalue weighted by Gasteiger charge is 2.09. The van der Waals surface area contributed by atoms with E-state index in [1.54, 1.807) is 0 Å². The Morgan fingerprint density at radius 1 is 1.14 bits per heavy atom. The Bertz CT molecular complexity index is 678. The number of rotatable bonds is 4. The van der Waals surface area contributed by atoms with Gasteiger partial charge in [-0.2, -0.15) is 0 Å². The molecule has 2 rings (SSSR count). The molecular weight excluding hydrogens is 280 g/mol. The number of nitrogens with one attached hydrogen (secondary N) is 1. The van der Waals surface area contributed by atoms with Crippen molar-refractivity contribution in [2.24, 2.45) is 5.73 Å². The number of carbonyl (C=O) groups is 1. The van der Waals surface area contributed by atoms with Crippen molar-refractivity contribution in [2.75, 3.05) is 0 Å². The third-order valence-electron chi connectivity index (χ3n) is 3.54. The summed E-state index contributed by atoms with van der Waals surface area (Å²) in [6.45, 7) is 4.44. The van der Waals surface area contributed by atoms with Gasteiger partial charge in [-0.1, -0.05) is 48.6 Å². The van der Waals surface area contributed by atoms with E-state index < -0.39 is 0 Å². The van der Waals surface area contributed by atoms with Gasteiger partial charge >= 0.3 is 0 Å². The maximum atomic E-state index is 12.2. The Morgan fingerprint density at radius 3 is 2.43 bits per heavy atom. The first-order chi connectivity index (χ1) is 9.99. The summed E-state index contributed by atoms with van der Waals surface area (Å²) in [5, 5.41) is 2.93. The Labute approximate surface area is 130 Å². The van der Waals surface area contributed by atoms with Crippen molar-refractivity contribution >= 4 is 23.1 Å². The van der Waals surface area contributed by atoms with E-state index in [1.807, 2.05) is 56.3 Å². The summed E-state index contributed by atoms with van der Waals surface area (Å²) in [4.78, 5) is 12.6. The molecule has 0 aliphatic rings. The highest BCUT2D eigenvalue weighted by molar-refractivity contribution is 7.80. The van der Waals surface area contributed by atoms with Crippen LogP contribution in [0.3, 0.4) is 0 Å². The molecule has 3 N–H and O–H groups in total. The molecule has 0 radical (unpaired) electrons. The molecule has 3 nitrogen and oxygen atoms in total. The summed E-state index contributed by atoms with van der Waals surface area (Å²) in [6.07, 6.45) is 0. The van der Waals surface area contributed by atoms with Gasteiger partial charge in [0.2, 0.25) is 0 Å². The van der Waals surface area contributed by atoms with Gasteiger partial charge in [-0.25, -0.2) is 0 Å². The van der Waals surface area contributed by atoms with Crippen LogP contribution >= 0.6 is 12.2 Å². The SMILES string of the molecule is Cc1cccc(C(=O)NCc2ccc(C(N)=S)cc2)c1C. The van der Waals surface area contributed by atoms with E-state index in [-0.39, 0.29) is 5.91 Å². The van der Waals surface area contributed by atoms with Crippen molar-refractivity contribution in [1.82, 2.24) is 5.32 Å². The number of amides is 1. The molecule has 0 spiro atoms. The third-order valence-corrected chi connectivity index (χ3v) is 3.78. The second kappa shape index (κ2) is 6.50. The van der Waals surface area contributed by atoms with Crippen LogP contribution in [0.5, 0.6) is 0 Å². The van der Waals surface area contributed by atoms with E-state index in [0.717, 1.165) is 27.8 Å². The molecule has 108 valence electrons. The summed E-state index contributed by atoms with van der Waals surface area (Å²) in [6, 6.07) is 13.3. The molecular formula is C17H18N2OS. The van der Waals surface area contributed by atoms with Crippen molar-refractivity contribution in [3.63, 3.8) is 0 Å². The lowest BCUT2D eigenvalue weighted by molar-refractivity contribution is 0.0950. The van der Waals surface area contributed by atoms with E-state index in [4.69, 9.17) is 18.0 Å². The predicted molar refractivity (Wildman–Crippen MR) is 89.4 cm³/mol. The molecule has 0 fully saturated rings. The molecule has 4 heteroatoms. The Kier molecular flexibility index (Phi) is 4.70. The molecule has 0 aromatic heterocycles. The van der Waals surface area contributed by atoms with Crippen LogP contribution in [0.1, 0.15) is 32.6 Å². The molecule has 0 unspecified atom stereocenters. The van der Waals surface area contributed by atoms with E-state index in [0.29, 0.717) is 11.5 Å². The molecule has 0 bridgehead atoms. The van der Waals surface area contributed by atoms with Crippen molar-refractivity contribution in [1.29, 1.82) is 0 Å². The average Bonchev–Trinajstić information content (AvgIpc) is 2.48. The number of benzene rings is 2. The lowest BCUT2D eigenvalue weighted by Crippen LogP contribution is -2.23. The minimum atomic E-state index is -0.0605. The fourth-order valence-corrected chi connectivity index (χ4v) is 2.20. The average molecular weight is 298 g/mol. The van der Waals surface area contributed by atoms with Crippen LogP contribution < -0.4 is 11.1 Å². The first kappa shape index (κ1) is 15.2. The van der Waals surface area contributed by atoms with Crippen molar-refractivity contribution in [3.05, 3.63) is 70.3 Å². The van der Waals surface area contributed by atoms with E-state index in [2.05, 4.69) is 5.32 Å². The molecule has 21 heavy (non-hydrogen) atoms. The largest absolute Gasteiger partial charge is 0.389 e. The zero-order chi connectivity index (χ0) is 15.4. The van der Waals surface area contributed by atoms with Crippen LogP contribution in [0.4, 0.5) is 0 Å². The number of carbonyl (C=O) groups excluding carboxylic acids is 1. The van der Waals surface area contributed by atoms with E-state index in [9.17, 15) is 4.79 Å². The van der Waals surface area contributed by atoms with Gasteiger partial charge < -0.3 is 11.1 Å². The fraction of sp³-hybridized carbons (Fsp3) is 0.176. The number of hydrogen-bond donors (Lipinski definition) is 2. The van der Waals surface area contributed by atoms with Gasteiger partial charge in [-0.05, 0) is 36.6 Å². The Hall–Kier alpha value is -2.20. The first-order valence-electron chi connectivity index (χ1n) is 6.72. The molecule has 1 amide bonds. The van der Waals surface area contributed by atoms with Crippen molar-refractivity contribution in [2.45, 2.75) is 20.4 Å². The molecule has 2 aromatic carbocycles. The van der Waals surface area contributed by atoms with Crippen LogP contribution in [0.2, 0.25) is 0 Å². The summed E-state index contributed by atoms with van der Waals surface area (Å²) in [5.41, 5.74) is 10.2.